The summed E-state index contributed by atoms with van der Waals surface area (Å²) >= 11 is 0. The minimum atomic E-state index is -0.536. The lowest BCUT2D eigenvalue weighted by Crippen LogP contribution is -2.24. The van der Waals surface area contributed by atoms with Crippen molar-refractivity contribution in [2.24, 2.45) is 0 Å². The summed E-state index contributed by atoms with van der Waals surface area (Å²) < 4.78 is 0. The number of amides is 1. The van der Waals surface area contributed by atoms with Gasteiger partial charge in [-0.2, -0.15) is 0 Å². The molecule has 0 atom stereocenters. The summed E-state index contributed by atoms with van der Waals surface area (Å²) in [6.45, 7) is 3.13. The van der Waals surface area contributed by atoms with Gasteiger partial charge in [0.15, 0.2) is 0 Å². The molecule has 0 spiro atoms. The fourth-order valence-corrected chi connectivity index (χ4v) is 0.504. The predicted octanol–water partition coefficient (Wildman–Crippen LogP) is 0.186. The van der Waals surface area contributed by atoms with E-state index in [2.05, 4.69) is 12.2 Å². The Morgan fingerprint density at radius 2 is 2.33 bits per heavy atom. The molecule has 0 unspecified atom stereocenters. The number of rotatable bonds is 5. The first-order valence-electron chi connectivity index (χ1n) is 3.22. The molecule has 0 rings (SSSR count). The second kappa shape index (κ2) is 5.56. The Morgan fingerprint density at radius 1 is 1.67 bits per heavy atom. The fraction of sp³-hybridized carbons (Fsp3) is 0.833. The van der Waals surface area contributed by atoms with Crippen molar-refractivity contribution < 1.29 is 4.79 Å². The molecule has 9 heavy (non-hydrogen) atoms. The molecule has 0 aromatic carbocycles. The number of unbranched alkanes of at least 4 members (excludes halogenated alkanes) is 1. The molecule has 3 nitrogen and oxygen atoms in total. The van der Waals surface area contributed by atoms with Crippen molar-refractivity contribution in [3.8, 4) is 0 Å². The smallest absolute Gasteiger partial charge is 0.252 e. The summed E-state index contributed by atoms with van der Waals surface area (Å²) in [7, 11) is 0. The number of hydrogen-bond donors (Lipinski definition) is 1. The summed E-state index contributed by atoms with van der Waals surface area (Å²) in [6, 6.07) is 0. The predicted molar refractivity (Wildman–Crippen MR) is 35.9 cm³/mol. The molecule has 53 valence electrons. The molecule has 0 aliphatic rings. The van der Waals surface area contributed by atoms with Gasteiger partial charge in [-0.05, 0) is 13.0 Å². The fourth-order valence-electron chi connectivity index (χ4n) is 0.504. The van der Waals surface area contributed by atoms with Gasteiger partial charge in [0.2, 0.25) is 0 Å². The summed E-state index contributed by atoms with van der Waals surface area (Å²) in [4.78, 5) is 10.0. The maximum Gasteiger partial charge on any atom is 0.252 e. The second-order valence-electron chi connectivity index (χ2n) is 1.95. The van der Waals surface area contributed by atoms with Crippen LogP contribution in [0, 0.1) is 0 Å². The molecular weight excluding hydrogens is 116 g/mol. The van der Waals surface area contributed by atoms with Gasteiger partial charge >= 0.3 is 0 Å². The van der Waals surface area contributed by atoms with Crippen molar-refractivity contribution >= 4 is 5.91 Å². The average molecular weight is 129 g/mol. The minimum Gasteiger partial charge on any atom is -0.308 e. The zero-order chi connectivity index (χ0) is 7.11. The highest BCUT2D eigenvalue weighted by Crippen LogP contribution is 1.80. The van der Waals surface area contributed by atoms with E-state index in [1.54, 1.807) is 0 Å². The number of carbonyl (C=O) groups is 1. The third-order valence-electron chi connectivity index (χ3n) is 0.993. The Morgan fingerprint density at radius 3 is 2.78 bits per heavy atom. The van der Waals surface area contributed by atoms with E-state index in [1.165, 1.54) is 0 Å². The molecule has 1 radical (unpaired) electrons. The Labute approximate surface area is 55.6 Å². The van der Waals surface area contributed by atoms with E-state index >= 15 is 0 Å². The number of hydrogen-bond acceptors (Lipinski definition) is 2. The first-order chi connectivity index (χ1) is 4.27. The van der Waals surface area contributed by atoms with Crippen LogP contribution in [0.25, 0.3) is 0 Å². The first kappa shape index (κ1) is 8.43. The van der Waals surface area contributed by atoms with E-state index in [0.29, 0.717) is 0 Å². The van der Waals surface area contributed by atoms with E-state index in [4.69, 9.17) is 5.73 Å². The van der Waals surface area contributed by atoms with Crippen LogP contribution in [-0.4, -0.2) is 19.0 Å². The summed E-state index contributed by atoms with van der Waals surface area (Å²) in [5.74, 6) is -0.536. The standard InChI is InChI=1S/C6H13N2O/c1-2-3-4-8-5-6(7)9/h7-8H,2-5H2,1H3. The molecule has 0 saturated heterocycles. The first-order valence-corrected chi connectivity index (χ1v) is 3.22. The molecule has 3 heteroatoms. The average Bonchev–Trinajstić information content (AvgIpc) is 1.80. The lowest BCUT2D eigenvalue weighted by atomic mass is 10.3. The van der Waals surface area contributed by atoms with Crippen molar-refractivity contribution in [2.75, 3.05) is 13.1 Å². The van der Waals surface area contributed by atoms with Crippen LogP contribution in [-0.2, 0) is 4.79 Å². The molecule has 0 heterocycles. The highest BCUT2D eigenvalue weighted by atomic mass is 16.1. The Bertz CT molecular complexity index is 83.1. The normalized spacial score (nSPS) is 9.44. The molecule has 0 bridgehead atoms. The van der Waals surface area contributed by atoms with Crippen LogP contribution in [0.15, 0.2) is 0 Å². The molecule has 0 aliphatic heterocycles. The van der Waals surface area contributed by atoms with Gasteiger partial charge < -0.3 is 5.32 Å². The van der Waals surface area contributed by atoms with Crippen LogP contribution in [0.4, 0.5) is 0 Å². The van der Waals surface area contributed by atoms with Gasteiger partial charge in [0.05, 0.1) is 6.54 Å². The molecule has 0 saturated carbocycles. The van der Waals surface area contributed by atoms with Gasteiger partial charge in [0.25, 0.3) is 5.91 Å². The molecule has 0 fully saturated rings. The van der Waals surface area contributed by atoms with Crippen LogP contribution >= 0.6 is 0 Å². The van der Waals surface area contributed by atoms with Crippen molar-refractivity contribution in [3.63, 3.8) is 0 Å². The number of nitrogens with one attached hydrogen (secondary N) is 2. The van der Waals surface area contributed by atoms with Gasteiger partial charge in [-0.25, -0.2) is 0 Å². The topological polar surface area (TPSA) is 52.9 Å². The van der Waals surface area contributed by atoms with Gasteiger partial charge in [0, 0.05) is 0 Å². The van der Waals surface area contributed by atoms with E-state index in [1.807, 2.05) is 0 Å². The highest BCUT2D eigenvalue weighted by molar-refractivity contribution is 5.75. The van der Waals surface area contributed by atoms with Gasteiger partial charge in [-0.1, -0.05) is 13.3 Å². The summed E-state index contributed by atoms with van der Waals surface area (Å²) in [6.07, 6.45) is 2.20. The summed E-state index contributed by atoms with van der Waals surface area (Å²) in [5.41, 5.74) is 6.51. The van der Waals surface area contributed by atoms with E-state index in [0.717, 1.165) is 19.4 Å². The maximum atomic E-state index is 10.0. The van der Waals surface area contributed by atoms with E-state index < -0.39 is 5.91 Å². The zero-order valence-electron chi connectivity index (χ0n) is 5.74. The van der Waals surface area contributed by atoms with Gasteiger partial charge in [-0.15, -0.1) is 0 Å². The Balaban J connectivity index is 2.83. The quantitative estimate of drug-likeness (QED) is 0.538. The van der Waals surface area contributed by atoms with Crippen LogP contribution in [0.3, 0.4) is 0 Å². The third kappa shape index (κ3) is 7.43. The van der Waals surface area contributed by atoms with Crippen molar-refractivity contribution in [2.45, 2.75) is 19.8 Å². The van der Waals surface area contributed by atoms with Crippen LogP contribution < -0.4 is 11.1 Å². The van der Waals surface area contributed by atoms with E-state index in [-0.39, 0.29) is 6.54 Å². The van der Waals surface area contributed by atoms with Crippen molar-refractivity contribution in [3.05, 3.63) is 0 Å². The zero-order valence-corrected chi connectivity index (χ0v) is 5.74. The summed E-state index contributed by atoms with van der Waals surface area (Å²) in [5, 5.41) is 2.85. The van der Waals surface area contributed by atoms with Crippen molar-refractivity contribution in [1.29, 1.82) is 0 Å². The highest BCUT2D eigenvalue weighted by Gasteiger charge is 1.90. The number of carbonyl (C=O) groups excluding carboxylic acids is 1. The monoisotopic (exact) mass is 129 g/mol. The Hall–Kier alpha value is -0.570. The largest absolute Gasteiger partial charge is 0.308 e. The molecule has 2 N–H and O–H groups in total. The minimum absolute atomic E-state index is 0.194. The molecule has 1 amide bonds. The lowest BCUT2D eigenvalue weighted by Gasteiger charge is -1.97. The van der Waals surface area contributed by atoms with Crippen LogP contribution in [0.2, 0.25) is 0 Å². The van der Waals surface area contributed by atoms with Gasteiger partial charge in [0.1, 0.15) is 0 Å². The van der Waals surface area contributed by atoms with Crippen LogP contribution in [0.5, 0.6) is 0 Å². The van der Waals surface area contributed by atoms with Crippen molar-refractivity contribution in [1.82, 2.24) is 11.1 Å². The van der Waals surface area contributed by atoms with Gasteiger partial charge in [-0.3, -0.25) is 10.5 Å². The third-order valence-corrected chi connectivity index (χ3v) is 0.993. The lowest BCUT2D eigenvalue weighted by molar-refractivity contribution is -0.117. The molecule has 0 aromatic rings. The van der Waals surface area contributed by atoms with Crippen LogP contribution in [0.1, 0.15) is 19.8 Å². The maximum absolute atomic E-state index is 10.0. The molecular formula is C6H13N2O. The molecule has 0 aliphatic carbocycles. The Kier molecular flexibility index (Phi) is 5.21. The van der Waals surface area contributed by atoms with E-state index in [9.17, 15) is 4.79 Å². The SMILES string of the molecule is CCCCNCC([NH])=O. The molecule has 0 aromatic heterocycles. The second-order valence-corrected chi connectivity index (χ2v) is 1.95.